The Labute approximate surface area is 85.4 Å². The molecule has 0 aromatic rings. The zero-order valence-corrected chi connectivity index (χ0v) is 9.43. The average molecular weight is 219 g/mol. The van der Waals surface area contributed by atoms with Gasteiger partial charge in [0.1, 0.15) is 0 Å². The normalized spacial score (nSPS) is 11.9. The van der Waals surface area contributed by atoms with Crippen LogP contribution in [0.15, 0.2) is 12.2 Å². The molecule has 0 unspecified atom stereocenters. The summed E-state index contributed by atoms with van der Waals surface area (Å²) in [6.07, 6.45) is 5.10. The molecule has 0 bridgehead atoms. The van der Waals surface area contributed by atoms with E-state index in [9.17, 15) is 13.2 Å². The molecule has 0 aromatic carbocycles. The lowest BCUT2D eigenvalue weighted by atomic mass is 10.3. The van der Waals surface area contributed by atoms with E-state index < -0.39 is 15.9 Å². The van der Waals surface area contributed by atoms with Gasteiger partial charge in [-0.05, 0) is 19.4 Å². The van der Waals surface area contributed by atoms with Crippen molar-refractivity contribution in [1.82, 2.24) is 4.72 Å². The van der Waals surface area contributed by atoms with Gasteiger partial charge >= 0.3 is 0 Å². The summed E-state index contributed by atoms with van der Waals surface area (Å²) in [5.74, 6) is -0.562. The Hall–Kier alpha value is -0.840. The quantitative estimate of drug-likeness (QED) is 0.539. The Morgan fingerprint density at radius 2 is 2.00 bits per heavy atom. The highest BCUT2D eigenvalue weighted by Crippen LogP contribution is 1.97. The van der Waals surface area contributed by atoms with Gasteiger partial charge in [-0.3, -0.25) is 4.79 Å². The van der Waals surface area contributed by atoms with Crippen molar-refractivity contribution in [1.29, 1.82) is 0 Å². The van der Waals surface area contributed by atoms with Gasteiger partial charge < -0.3 is 0 Å². The zero-order valence-electron chi connectivity index (χ0n) is 8.62. The van der Waals surface area contributed by atoms with Gasteiger partial charge in [-0.1, -0.05) is 25.8 Å². The Balaban J connectivity index is 4.01. The maximum Gasteiger partial charge on any atom is 0.257 e. The zero-order chi connectivity index (χ0) is 11.0. The van der Waals surface area contributed by atoms with E-state index in [-0.39, 0.29) is 5.75 Å². The van der Waals surface area contributed by atoms with Crippen molar-refractivity contribution in [2.45, 2.75) is 33.1 Å². The van der Waals surface area contributed by atoms with Gasteiger partial charge in [0, 0.05) is 0 Å². The van der Waals surface area contributed by atoms with Crippen molar-refractivity contribution in [2.75, 3.05) is 5.75 Å². The molecule has 0 spiro atoms. The second kappa shape index (κ2) is 6.59. The highest BCUT2D eigenvalue weighted by atomic mass is 32.2. The van der Waals surface area contributed by atoms with Crippen LogP contribution in [0.2, 0.25) is 0 Å². The van der Waals surface area contributed by atoms with Crippen LogP contribution in [0.3, 0.4) is 0 Å². The molecule has 0 aliphatic rings. The van der Waals surface area contributed by atoms with Crippen molar-refractivity contribution in [3.05, 3.63) is 12.2 Å². The number of amides is 1. The third-order valence-electron chi connectivity index (χ3n) is 1.59. The second-order valence-electron chi connectivity index (χ2n) is 2.99. The van der Waals surface area contributed by atoms with E-state index in [0.29, 0.717) is 6.42 Å². The average Bonchev–Trinajstić information content (AvgIpc) is 2.03. The van der Waals surface area contributed by atoms with E-state index in [1.807, 2.05) is 11.6 Å². The van der Waals surface area contributed by atoms with Crippen LogP contribution in [0.5, 0.6) is 0 Å². The summed E-state index contributed by atoms with van der Waals surface area (Å²) >= 11 is 0. The summed E-state index contributed by atoms with van der Waals surface area (Å²) in [4.78, 5) is 10.9. The van der Waals surface area contributed by atoms with Crippen molar-refractivity contribution < 1.29 is 13.2 Å². The Morgan fingerprint density at radius 3 is 2.50 bits per heavy atom. The molecule has 0 heterocycles. The minimum Gasteiger partial charge on any atom is -0.269 e. The van der Waals surface area contributed by atoms with Crippen LogP contribution in [-0.2, 0) is 14.8 Å². The summed E-state index contributed by atoms with van der Waals surface area (Å²) in [5, 5.41) is 0. The first-order valence-corrected chi connectivity index (χ1v) is 6.34. The van der Waals surface area contributed by atoms with Crippen molar-refractivity contribution in [2.24, 2.45) is 0 Å². The molecule has 5 heteroatoms. The molecule has 4 nitrogen and oxygen atoms in total. The van der Waals surface area contributed by atoms with Crippen LogP contribution in [-0.4, -0.2) is 20.1 Å². The predicted molar refractivity (Wildman–Crippen MR) is 56.3 cm³/mol. The topological polar surface area (TPSA) is 63.2 Å². The molecule has 0 aromatic heterocycles. The van der Waals surface area contributed by atoms with Gasteiger partial charge in [-0.15, -0.1) is 0 Å². The Kier molecular flexibility index (Phi) is 6.19. The third kappa shape index (κ3) is 6.65. The van der Waals surface area contributed by atoms with Crippen molar-refractivity contribution in [3.63, 3.8) is 0 Å². The molecule has 0 atom stereocenters. The van der Waals surface area contributed by atoms with Crippen LogP contribution in [0.25, 0.3) is 0 Å². The molecular formula is C9H17NO3S. The van der Waals surface area contributed by atoms with Crippen LogP contribution in [0, 0.1) is 0 Å². The number of carbonyl (C=O) groups excluding carboxylic acids is 1. The molecule has 14 heavy (non-hydrogen) atoms. The van der Waals surface area contributed by atoms with Crippen molar-refractivity contribution in [3.8, 4) is 0 Å². The summed E-state index contributed by atoms with van der Waals surface area (Å²) in [7, 11) is -3.43. The highest BCUT2D eigenvalue weighted by molar-refractivity contribution is 7.90. The fraction of sp³-hybridized carbons (Fsp3) is 0.667. The summed E-state index contributed by atoms with van der Waals surface area (Å²) in [6, 6.07) is 0. The van der Waals surface area contributed by atoms with Crippen LogP contribution < -0.4 is 4.72 Å². The number of carbonyl (C=O) groups is 1. The van der Waals surface area contributed by atoms with Gasteiger partial charge in [0.05, 0.1) is 5.75 Å². The van der Waals surface area contributed by atoms with E-state index in [2.05, 4.69) is 0 Å². The van der Waals surface area contributed by atoms with E-state index in [4.69, 9.17) is 0 Å². The van der Waals surface area contributed by atoms with Gasteiger partial charge in [-0.25, -0.2) is 13.1 Å². The number of hydrogen-bond donors (Lipinski definition) is 1. The third-order valence-corrected chi connectivity index (χ3v) is 2.93. The van der Waals surface area contributed by atoms with Gasteiger partial charge in [0.2, 0.25) is 10.0 Å². The number of allylic oxidation sites excluding steroid dienone is 1. The summed E-state index contributed by atoms with van der Waals surface area (Å²) in [6.45, 7) is 3.65. The number of sulfonamides is 1. The number of hydrogen-bond acceptors (Lipinski definition) is 3. The molecule has 0 aliphatic heterocycles. The molecule has 0 aliphatic carbocycles. The standard InChI is InChI=1S/C9H17NO3S/c1-3-5-6-8-14(12,13)10-9(11)7-4-2/h4,7H,3,5-6,8H2,1-2H3,(H,10,11)/b7-4-. The van der Waals surface area contributed by atoms with Gasteiger partial charge in [0.25, 0.3) is 5.91 Å². The smallest absolute Gasteiger partial charge is 0.257 e. The van der Waals surface area contributed by atoms with Gasteiger partial charge in [-0.2, -0.15) is 0 Å². The maximum atomic E-state index is 11.2. The van der Waals surface area contributed by atoms with Gasteiger partial charge in [0.15, 0.2) is 0 Å². The number of rotatable bonds is 6. The monoisotopic (exact) mass is 219 g/mol. The fourth-order valence-corrected chi connectivity index (χ4v) is 1.99. The minimum absolute atomic E-state index is 0.0180. The fourth-order valence-electron chi connectivity index (χ4n) is 0.932. The molecule has 0 fully saturated rings. The second-order valence-corrected chi connectivity index (χ2v) is 4.83. The molecule has 1 amide bonds. The highest BCUT2D eigenvalue weighted by Gasteiger charge is 2.11. The summed E-state index contributed by atoms with van der Waals surface area (Å²) in [5.41, 5.74) is 0. The van der Waals surface area contributed by atoms with E-state index in [0.717, 1.165) is 12.8 Å². The molecular weight excluding hydrogens is 202 g/mol. The molecule has 1 N–H and O–H groups in total. The number of nitrogens with one attached hydrogen (secondary N) is 1. The molecule has 0 rings (SSSR count). The van der Waals surface area contributed by atoms with Crippen molar-refractivity contribution >= 4 is 15.9 Å². The predicted octanol–water partition coefficient (Wildman–Crippen LogP) is 1.20. The first-order valence-electron chi connectivity index (χ1n) is 4.69. The van der Waals surface area contributed by atoms with E-state index in [1.54, 1.807) is 6.92 Å². The Morgan fingerprint density at radius 1 is 1.36 bits per heavy atom. The lowest BCUT2D eigenvalue weighted by Crippen LogP contribution is -2.31. The first kappa shape index (κ1) is 13.2. The summed E-state index contributed by atoms with van der Waals surface area (Å²) < 4.78 is 24.4. The van der Waals surface area contributed by atoms with E-state index >= 15 is 0 Å². The largest absolute Gasteiger partial charge is 0.269 e. The van der Waals surface area contributed by atoms with Crippen LogP contribution in [0.1, 0.15) is 33.1 Å². The van der Waals surface area contributed by atoms with Crippen LogP contribution in [0.4, 0.5) is 0 Å². The maximum absolute atomic E-state index is 11.2. The van der Waals surface area contributed by atoms with E-state index in [1.165, 1.54) is 12.2 Å². The minimum atomic E-state index is -3.43. The Bertz CT molecular complexity index is 293. The molecule has 0 saturated carbocycles. The molecule has 0 radical (unpaired) electrons. The lowest BCUT2D eigenvalue weighted by molar-refractivity contribution is -0.114. The lowest BCUT2D eigenvalue weighted by Gasteiger charge is -2.03. The first-order chi connectivity index (χ1) is 6.52. The molecule has 0 saturated heterocycles. The molecule has 82 valence electrons. The number of unbranched alkanes of at least 4 members (excludes halogenated alkanes) is 2. The SMILES string of the molecule is C/C=C\C(=O)NS(=O)(=O)CCCCC. The van der Waals surface area contributed by atoms with Crippen LogP contribution >= 0.6 is 0 Å².